The van der Waals surface area contributed by atoms with E-state index >= 15 is 0 Å². The van der Waals surface area contributed by atoms with Crippen LogP contribution in [-0.2, 0) is 9.59 Å². The van der Waals surface area contributed by atoms with Crippen LogP contribution in [0.1, 0.15) is 42.4 Å². The molecule has 2 saturated heterocycles. The van der Waals surface area contributed by atoms with Crippen molar-refractivity contribution in [1.29, 1.82) is 0 Å². The number of carbonyl (C=O) groups is 3. The average Bonchev–Trinajstić information content (AvgIpc) is 3.29. The second-order valence-corrected chi connectivity index (χ2v) is 8.96. The molecular formula is C22H29N3O4. The molecule has 1 aromatic rings. The van der Waals surface area contributed by atoms with Crippen molar-refractivity contribution in [3.63, 3.8) is 0 Å². The molecule has 1 aliphatic carbocycles. The maximum absolute atomic E-state index is 13.0. The van der Waals surface area contributed by atoms with Crippen LogP contribution in [0.3, 0.4) is 0 Å². The molecule has 1 saturated carbocycles. The Labute approximate surface area is 171 Å². The number of aliphatic carboxylic acids is 1. The molecule has 29 heavy (non-hydrogen) atoms. The molecule has 4 rings (SSSR count). The zero-order chi connectivity index (χ0) is 20.9. The Morgan fingerprint density at radius 1 is 1.17 bits per heavy atom. The lowest BCUT2D eigenvalue weighted by Gasteiger charge is -2.25. The first-order valence-electron chi connectivity index (χ1n) is 10.4. The minimum Gasteiger partial charge on any atom is -0.481 e. The fourth-order valence-electron chi connectivity index (χ4n) is 5.67. The van der Waals surface area contributed by atoms with E-state index in [1.165, 1.54) is 0 Å². The summed E-state index contributed by atoms with van der Waals surface area (Å²) in [5.74, 6) is -0.885. The highest BCUT2D eigenvalue weighted by molar-refractivity contribution is 6.02. The highest BCUT2D eigenvalue weighted by atomic mass is 16.4. The van der Waals surface area contributed by atoms with Gasteiger partial charge in [-0.1, -0.05) is 24.1 Å². The molecule has 7 heteroatoms. The highest BCUT2D eigenvalue weighted by Gasteiger charge is 2.56. The summed E-state index contributed by atoms with van der Waals surface area (Å²) in [5.41, 5.74) is 3.39. The van der Waals surface area contributed by atoms with E-state index in [2.05, 4.69) is 17.4 Å². The summed E-state index contributed by atoms with van der Waals surface area (Å²) in [6, 6.07) is 3.24. The van der Waals surface area contributed by atoms with E-state index in [-0.39, 0.29) is 24.4 Å². The summed E-state index contributed by atoms with van der Waals surface area (Å²) in [4.78, 5) is 41.0. The Balaban J connectivity index is 1.45. The Hall–Kier alpha value is -2.57. The van der Waals surface area contributed by atoms with Gasteiger partial charge in [-0.05, 0) is 57.1 Å². The van der Waals surface area contributed by atoms with E-state index in [1.54, 1.807) is 9.80 Å². The molecule has 1 aromatic carbocycles. The number of urea groups is 1. The summed E-state index contributed by atoms with van der Waals surface area (Å²) in [6.45, 7) is 7.30. The van der Waals surface area contributed by atoms with Gasteiger partial charge in [0.25, 0.3) is 0 Å². The molecule has 2 aliphatic heterocycles. The highest BCUT2D eigenvalue weighted by Crippen LogP contribution is 2.48. The topological polar surface area (TPSA) is 90.0 Å². The average molecular weight is 399 g/mol. The van der Waals surface area contributed by atoms with Gasteiger partial charge in [-0.3, -0.25) is 9.59 Å². The molecule has 3 amide bonds. The first-order valence-corrected chi connectivity index (χ1v) is 10.4. The number of nitrogens with one attached hydrogen (secondary N) is 1. The summed E-state index contributed by atoms with van der Waals surface area (Å²) in [7, 11) is 0. The maximum atomic E-state index is 13.0. The zero-order valence-corrected chi connectivity index (χ0v) is 17.3. The van der Waals surface area contributed by atoms with E-state index in [9.17, 15) is 19.5 Å². The van der Waals surface area contributed by atoms with Crippen molar-refractivity contribution in [2.75, 3.05) is 24.5 Å². The second kappa shape index (κ2) is 7.04. The predicted molar refractivity (Wildman–Crippen MR) is 109 cm³/mol. The van der Waals surface area contributed by atoms with Crippen molar-refractivity contribution in [3.8, 4) is 0 Å². The number of nitrogens with zero attached hydrogens (tertiary/aromatic N) is 2. The van der Waals surface area contributed by atoms with Gasteiger partial charge in [0.1, 0.15) is 6.04 Å². The van der Waals surface area contributed by atoms with E-state index in [0.717, 1.165) is 35.2 Å². The first-order chi connectivity index (χ1) is 13.7. The number of amides is 3. The SMILES string of the molecule is Cc1cc(C)c(N2CCC(NC(=O)N3C[C@@H]4CCC[C@@]4(C(=O)O)C3)C2=O)c(C)c1. The van der Waals surface area contributed by atoms with Gasteiger partial charge in [-0.25, -0.2) is 4.79 Å². The third kappa shape index (κ3) is 3.16. The van der Waals surface area contributed by atoms with Gasteiger partial charge in [0, 0.05) is 25.3 Å². The minimum absolute atomic E-state index is 0.0133. The number of rotatable bonds is 3. The molecule has 156 valence electrons. The van der Waals surface area contributed by atoms with Crippen LogP contribution in [0.5, 0.6) is 0 Å². The first kappa shape index (κ1) is 19.7. The maximum Gasteiger partial charge on any atom is 0.318 e. The molecule has 0 aromatic heterocycles. The molecule has 2 heterocycles. The number of benzene rings is 1. The van der Waals surface area contributed by atoms with Gasteiger partial charge in [-0.15, -0.1) is 0 Å². The number of aryl methyl sites for hydroxylation is 3. The summed E-state index contributed by atoms with van der Waals surface area (Å²) < 4.78 is 0. The van der Waals surface area contributed by atoms with E-state index in [4.69, 9.17) is 0 Å². The smallest absolute Gasteiger partial charge is 0.318 e. The Bertz CT molecular complexity index is 860. The normalized spacial score (nSPS) is 28.7. The van der Waals surface area contributed by atoms with Gasteiger partial charge < -0.3 is 20.2 Å². The van der Waals surface area contributed by atoms with Gasteiger partial charge in [-0.2, -0.15) is 0 Å². The Morgan fingerprint density at radius 2 is 1.86 bits per heavy atom. The number of carboxylic acid groups (broad SMARTS) is 1. The number of anilines is 1. The summed E-state index contributed by atoms with van der Waals surface area (Å²) in [5, 5.41) is 12.6. The van der Waals surface area contributed by atoms with Crippen molar-refractivity contribution in [3.05, 3.63) is 28.8 Å². The summed E-state index contributed by atoms with van der Waals surface area (Å²) in [6.07, 6.45) is 2.92. The van der Waals surface area contributed by atoms with Crippen molar-refractivity contribution in [2.45, 2.75) is 52.5 Å². The molecule has 0 spiro atoms. The van der Waals surface area contributed by atoms with Crippen LogP contribution in [0, 0.1) is 32.1 Å². The van der Waals surface area contributed by atoms with Crippen LogP contribution >= 0.6 is 0 Å². The molecule has 3 fully saturated rings. The van der Waals surface area contributed by atoms with Crippen molar-refractivity contribution >= 4 is 23.6 Å². The van der Waals surface area contributed by atoms with Crippen molar-refractivity contribution in [2.24, 2.45) is 11.3 Å². The third-order valence-electron chi connectivity index (χ3n) is 6.99. The number of fused-ring (bicyclic) bond motifs is 1. The lowest BCUT2D eigenvalue weighted by atomic mass is 9.81. The van der Waals surface area contributed by atoms with Gasteiger partial charge >= 0.3 is 12.0 Å². The number of carbonyl (C=O) groups excluding carboxylic acids is 2. The monoisotopic (exact) mass is 399 g/mol. The lowest BCUT2D eigenvalue weighted by Crippen LogP contribution is -2.48. The van der Waals surface area contributed by atoms with Gasteiger partial charge in [0.2, 0.25) is 5.91 Å². The van der Waals surface area contributed by atoms with Crippen LogP contribution in [-0.4, -0.2) is 53.6 Å². The fraction of sp³-hybridized carbons (Fsp3) is 0.591. The molecule has 3 aliphatic rings. The van der Waals surface area contributed by atoms with E-state index in [0.29, 0.717) is 25.9 Å². The van der Waals surface area contributed by atoms with Gasteiger partial charge in [0.15, 0.2) is 0 Å². The van der Waals surface area contributed by atoms with Crippen molar-refractivity contribution in [1.82, 2.24) is 10.2 Å². The molecule has 1 unspecified atom stereocenters. The molecule has 3 atom stereocenters. The van der Waals surface area contributed by atoms with Gasteiger partial charge in [0.05, 0.1) is 5.41 Å². The zero-order valence-electron chi connectivity index (χ0n) is 17.3. The van der Waals surface area contributed by atoms with Crippen LogP contribution in [0.25, 0.3) is 0 Å². The van der Waals surface area contributed by atoms with Crippen LogP contribution in [0.15, 0.2) is 12.1 Å². The minimum atomic E-state index is -0.806. The molecule has 2 N–H and O–H groups in total. The predicted octanol–water partition coefficient (Wildman–Crippen LogP) is 2.61. The second-order valence-electron chi connectivity index (χ2n) is 8.96. The van der Waals surface area contributed by atoms with Crippen molar-refractivity contribution < 1.29 is 19.5 Å². The lowest BCUT2D eigenvalue weighted by molar-refractivity contribution is -0.149. The molecule has 0 bridgehead atoms. The van der Waals surface area contributed by atoms with E-state index in [1.807, 2.05) is 20.8 Å². The number of carboxylic acids is 1. The Kier molecular flexibility index (Phi) is 4.79. The quantitative estimate of drug-likeness (QED) is 0.818. The number of hydrogen-bond acceptors (Lipinski definition) is 3. The summed E-state index contributed by atoms with van der Waals surface area (Å²) >= 11 is 0. The van der Waals surface area contributed by atoms with Crippen LogP contribution < -0.4 is 10.2 Å². The standard InChI is InChI=1S/C22H29N3O4/c1-13-9-14(2)18(15(3)10-13)25-8-6-17(19(25)26)23-21(29)24-11-16-5-4-7-22(16,12-24)20(27)28/h9-10,16-17H,4-8,11-12H2,1-3H3,(H,23,29)(H,27,28)/t16-,17?,22+/m0/s1. The van der Waals surface area contributed by atoms with Crippen LogP contribution in [0.2, 0.25) is 0 Å². The molecular weight excluding hydrogens is 370 g/mol. The molecule has 0 radical (unpaired) electrons. The van der Waals surface area contributed by atoms with E-state index < -0.39 is 17.4 Å². The molecule has 7 nitrogen and oxygen atoms in total. The van der Waals surface area contributed by atoms with Crippen LogP contribution in [0.4, 0.5) is 10.5 Å². The fourth-order valence-corrected chi connectivity index (χ4v) is 5.67. The third-order valence-corrected chi connectivity index (χ3v) is 6.99. The number of hydrogen-bond donors (Lipinski definition) is 2. The largest absolute Gasteiger partial charge is 0.481 e. The Morgan fingerprint density at radius 3 is 2.48 bits per heavy atom. The number of likely N-dealkylation sites (tertiary alicyclic amines) is 1.